The first-order valence-electron chi connectivity index (χ1n) is 2.64. The fraction of sp³-hybridized carbons (Fsp3) is 1.00. The van der Waals surface area contributed by atoms with Gasteiger partial charge in [0, 0.05) is 0 Å². The Morgan fingerprint density at radius 1 is 1.08 bits per heavy atom. The largest absolute Gasteiger partial charge is 0.412 e. The zero-order valence-corrected chi connectivity index (χ0v) is 7.22. The van der Waals surface area contributed by atoms with Gasteiger partial charge in [-0.2, -0.15) is 22.0 Å². The van der Waals surface area contributed by atoms with Crippen molar-refractivity contribution in [1.82, 2.24) is 0 Å². The molecule has 0 aromatic heterocycles. The van der Waals surface area contributed by atoms with Crippen LogP contribution in [-0.4, -0.2) is 28.5 Å². The molecule has 0 bridgehead atoms. The molecule has 0 aliphatic carbocycles. The second-order valence-corrected chi connectivity index (χ2v) is 3.20. The van der Waals surface area contributed by atoms with Gasteiger partial charge in [-0.05, 0) is 0 Å². The summed E-state index contributed by atoms with van der Waals surface area (Å²) in [6.45, 7) is -2.22. The summed E-state index contributed by atoms with van der Waals surface area (Å²) in [6, 6.07) is -4.41. The van der Waals surface area contributed by atoms with Crippen LogP contribution in [0.25, 0.3) is 0 Å². The fourth-order valence-electron chi connectivity index (χ4n) is 0.259. The molecule has 0 fully saturated rings. The number of rotatable bonds is 3. The summed E-state index contributed by atoms with van der Waals surface area (Å²) < 4.78 is 57.7. The normalized spacial score (nSPS) is 18.5. The molecule has 0 spiro atoms. The highest BCUT2D eigenvalue weighted by Gasteiger charge is 2.54. The lowest BCUT2D eigenvalue weighted by Gasteiger charge is -2.24. The summed E-state index contributed by atoms with van der Waals surface area (Å²) in [7, 11) is 0. The van der Waals surface area contributed by atoms with E-state index in [1.165, 1.54) is 0 Å². The smallest absolute Gasteiger partial charge is 0.335 e. The van der Waals surface area contributed by atoms with Crippen LogP contribution >= 0.6 is 23.2 Å². The average Bonchev–Trinajstić information content (AvgIpc) is 1.79. The van der Waals surface area contributed by atoms with Crippen molar-refractivity contribution in [3.63, 3.8) is 0 Å². The van der Waals surface area contributed by atoms with Gasteiger partial charge in [-0.1, -0.05) is 23.2 Å². The highest BCUT2D eigenvalue weighted by molar-refractivity contribution is 6.47. The monoisotopic (exact) mass is 248 g/mol. The Morgan fingerprint density at radius 3 is 1.69 bits per heavy atom. The minimum absolute atomic E-state index is 2.22. The van der Waals surface area contributed by atoms with Gasteiger partial charge in [0.15, 0.2) is 0 Å². The molecule has 13 heavy (non-hydrogen) atoms. The molecule has 0 amide bonds. The lowest BCUT2D eigenvalue weighted by molar-refractivity contribution is -0.343. The fourth-order valence-corrected chi connectivity index (χ4v) is 0.368. The second kappa shape index (κ2) is 3.72. The molecule has 1 atom stereocenters. The van der Waals surface area contributed by atoms with E-state index in [-0.39, 0.29) is 0 Å². The lowest BCUT2D eigenvalue weighted by atomic mass is 10.6. The summed E-state index contributed by atoms with van der Waals surface area (Å²) in [6.07, 6.45) is -4.93. The van der Waals surface area contributed by atoms with Crippen LogP contribution in [-0.2, 0) is 4.74 Å². The maximum atomic E-state index is 12.3. The van der Waals surface area contributed by atoms with Crippen molar-refractivity contribution in [2.45, 2.75) is 16.8 Å². The first-order chi connectivity index (χ1) is 5.46. The first-order valence-corrected chi connectivity index (χ1v) is 3.40. The third-order valence-corrected chi connectivity index (χ3v) is 1.24. The molecule has 0 aliphatic heterocycles. The number of hydrogen-bond acceptors (Lipinski definition) is 2. The van der Waals surface area contributed by atoms with Crippen molar-refractivity contribution in [2.75, 3.05) is 6.61 Å². The molecule has 1 unspecified atom stereocenters. The minimum atomic E-state index is -4.93. The first kappa shape index (κ1) is 13.2. The number of halogens is 7. The highest BCUT2D eigenvalue weighted by atomic mass is 35.5. The summed E-state index contributed by atoms with van der Waals surface area (Å²) >= 11 is 8.67. The standard InChI is InChI=1S/C4H3Cl2F5O2/c5-3(6,10)4(11,12)13-1-2(7,8)9/h12H,1H2. The number of alkyl halides is 7. The van der Waals surface area contributed by atoms with E-state index in [4.69, 9.17) is 5.11 Å². The number of aliphatic hydroxyl groups is 1. The number of hydrogen-bond donors (Lipinski definition) is 1. The SMILES string of the molecule is OC(F)(OCC(F)(F)F)C(F)(Cl)Cl. The molecule has 9 heteroatoms. The molecule has 0 radical (unpaired) electrons. The van der Waals surface area contributed by atoms with Gasteiger partial charge in [0.2, 0.25) is 0 Å². The van der Waals surface area contributed by atoms with Crippen LogP contribution < -0.4 is 0 Å². The molecule has 0 aromatic carbocycles. The van der Waals surface area contributed by atoms with E-state index in [9.17, 15) is 22.0 Å². The van der Waals surface area contributed by atoms with E-state index >= 15 is 0 Å². The summed E-state index contributed by atoms with van der Waals surface area (Å²) in [5.74, 6) is 0. The van der Waals surface area contributed by atoms with Crippen LogP contribution in [0.4, 0.5) is 22.0 Å². The Hall–Kier alpha value is 0.150. The van der Waals surface area contributed by atoms with Crippen LogP contribution in [0.15, 0.2) is 0 Å². The molecule has 0 heterocycles. The molecule has 0 aliphatic rings. The minimum Gasteiger partial charge on any atom is -0.335 e. The van der Waals surface area contributed by atoms with Crippen molar-refractivity contribution in [2.24, 2.45) is 0 Å². The molecule has 0 saturated heterocycles. The van der Waals surface area contributed by atoms with Crippen LogP contribution in [0.5, 0.6) is 0 Å². The average molecular weight is 249 g/mol. The van der Waals surface area contributed by atoms with Crippen LogP contribution in [0, 0.1) is 0 Å². The van der Waals surface area contributed by atoms with Crippen LogP contribution in [0.2, 0.25) is 0 Å². The topological polar surface area (TPSA) is 29.5 Å². The Bertz CT molecular complexity index is 174. The Balaban J connectivity index is 4.21. The molecule has 0 saturated carbocycles. The maximum Gasteiger partial charge on any atom is 0.412 e. The molecule has 0 aromatic rings. The van der Waals surface area contributed by atoms with Crippen molar-refractivity contribution < 1.29 is 31.8 Å². The van der Waals surface area contributed by atoms with Gasteiger partial charge in [0.25, 0.3) is 0 Å². The molecule has 1 N–H and O–H groups in total. The number of ether oxygens (including phenoxy) is 1. The van der Waals surface area contributed by atoms with Crippen molar-refractivity contribution in [1.29, 1.82) is 0 Å². The van der Waals surface area contributed by atoms with Gasteiger partial charge in [0.1, 0.15) is 6.61 Å². The van der Waals surface area contributed by atoms with E-state index in [2.05, 4.69) is 27.9 Å². The zero-order valence-electron chi connectivity index (χ0n) is 5.71. The van der Waals surface area contributed by atoms with Gasteiger partial charge in [-0.15, -0.1) is 0 Å². The second-order valence-electron chi connectivity index (χ2n) is 1.96. The van der Waals surface area contributed by atoms with Crippen LogP contribution in [0.1, 0.15) is 0 Å². The van der Waals surface area contributed by atoms with E-state index in [1.54, 1.807) is 0 Å². The zero-order chi connectivity index (χ0) is 10.9. The quantitative estimate of drug-likeness (QED) is 0.472. The summed E-state index contributed by atoms with van der Waals surface area (Å²) in [5.41, 5.74) is 0. The lowest BCUT2D eigenvalue weighted by Crippen LogP contribution is -2.43. The third kappa shape index (κ3) is 4.80. The Kier molecular flexibility index (Phi) is 3.76. The van der Waals surface area contributed by atoms with E-state index in [0.29, 0.717) is 0 Å². The van der Waals surface area contributed by atoms with Gasteiger partial charge < -0.3 is 9.84 Å². The van der Waals surface area contributed by atoms with Gasteiger partial charge in [0.05, 0.1) is 0 Å². The maximum absolute atomic E-state index is 12.3. The molecule has 80 valence electrons. The summed E-state index contributed by atoms with van der Waals surface area (Å²) in [4.78, 5) is 0. The van der Waals surface area contributed by atoms with Gasteiger partial charge >= 0.3 is 16.8 Å². The highest BCUT2D eigenvalue weighted by Crippen LogP contribution is 2.38. The van der Waals surface area contributed by atoms with E-state index < -0.39 is 23.4 Å². The van der Waals surface area contributed by atoms with Crippen molar-refractivity contribution in [3.05, 3.63) is 0 Å². The van der Waals surface area contributed by atoms with Crippen molar-refractivity contribution in [3.8, 4) is 0 Å². The Morgan fingerprint density at radius 2 is 1.46 bits per heavy atom. The third-order valence-electron chi connectivity index (χ3n) is 0.777. The molecular formula is C4H3Cl2F5O2. The van der Waals surface area contributed by atoms with Gasteiger partial charge in [-0.25, -0.2) is 0 Å². The predicted octanol–water partition coefficient (Wildman–Crippen LogP) is 2.28. The van der Waals surface area contributed by atoms with Gasteiger partial charge in [-0.3, -0.25) is 0 Å². The summed E-state index contributed by atoms with van der Waals surface area (Å²) in [5, 5.41) is 8.19. The molecule has 0 rings (SSSR count). The Labute approximate surface area is 79.2 Å². The predicted molar refractivity (Wildman–Crippen MR) is 33.6 cm³/mol. The van der Waals surface area contributed by atoms with Crippen LogP contribution in [0.3, 0.4) is 0 Å². The van der Waals surface area contributed by atoms with E-state index in [0.717, 1.165) is 0 Å². The van der Waals surface area contributed by atoms with Crippen molar-refractivity contribution >= 4 is 23.2 Å². The van der Waals surface area contributed by atoms with E-state index in [1.807, 2.05) is 0 Å². The molecule has 2 nitrogen and oxygen atoms in total. The molecular weight excluding hydrogens is 246 g/mol.